The lowest BCUT2D eigenvalue weighted by atomic mass is 9.83. The third kappa shape index (κ3) is 2.64. The van der Waals surface area contributed by atoms with Crippen molar-refractivity contribution in [3.05, 3.63) is 12.2 Å². The lowest BCUT2D eigenvalue weighted by molar-refractivity contribution is -0.162. The van der Waals surface area contributed by atoms with Crippen molar-refractivity contribution in [2.75, 3.05) is 0 Å². The van der Waals surface area contributed by atoms with E-state index in [0.29, 0.717) is 6.42 Å². The molecule has 26 heavy (non-hydrogen) atoms. The molecule has 4 rings (SSSR count). The maximum atomic E-state index is 12.5. The Morgan fingerprint density at radius 3 is 2.62 bits per heavy atom. The summed E-state index contributed by atoms with van der Waals surface area (Å²) in [6, 6.07) is 0. The lowest BCUT2D eigenvalue weighted by Crippen LogP contribution is -2.39. The molecule has 0 saturated carbocycles. The molecule has 7 heteroatoms. The van der Waals surface area contributed by atoms with E-state index in [0.717, 1.165) is 5.57 Å². The summed E-state index contributed by atoms with van der Waals surface area (Å²) in [5.74, 6) is -1.08. The van der Waals surface area contributed by atoms with Gasteiger partial charge < -0.3 is 19.3 Å². The summed E-state index contributed by atoms with van der Waals surface area (Å²) in [7, 11) is 0. The Labute approximate surface area is 151 Å². The second kappa shape index (κ2) is 5.71. The van der Waals surface area contributed by atoms with Crippen LogP contribution in [0.5, 0.6) is 0 Å². The number of ether oxygens (including phenoxy) is 3. The zero-order valence-electron chi connectivity index (χ0n) is 15.0. The number of esters is 1. The summed E-state index contributed by atoms with van der Waals surface area (Å²) in [5.41, 5.74) is -1.41. The zero-order chi connectivity index (χ0) is 18.9. The van der Waals surface area contributed by atoms with Crippen LogP contribution in [-0.4, -0.2) is 58.3 Å². The second-order valence-electron chi connectivity index (χ2n) is 8.42. The van der Waals surface area contributed by atoms with Crippen molar-refractivity contribution >= 4 is 17.5 Å². The van der Waals surface area contributed by atoms with Crippen molar-refractivity contribution in [3.63, 3.8) is 0 Å². The first-order chi connectivity index (χ1) is 12.1. The lowest BCUT2D eigenvalue weighted by Gasteiger charge is -2.27. The minimum absolute atomic E-state index is 0.0316. The Hall–Kier alpha value is -1.57. The van der Waals surface area contributed by atoms with Crippen LogP contribution in [-0.2, 0) is 28.6 Å². The number of hydrogen-bond acceptors (Lipinski definition) is 7. The molecule has 4 fully saturated rings. The fourth-order valence-electron chi connectivity index (χ4n) is 4.64. The Bertz CT molecular complexity index is 700. The van der Waals surface area contributed by atoms with E-state index in [-0.39, 0.29) is 43.2 Å². The van der Waals surface area contributed by atoms with Crippen molar-refractivity contribution in [3.8, 4) is 0 Å². The Balaban J connectivity index is 1.66. The maximum absolute atomic E-state index is 12.5. The maximum Gasteiger partial charge on any atom is 0.344 e. The first-order valence-corrected chi connectivity index (χ1v) is 9.09. The molecule has 4 saturated heterocycles. The average Bonchev–Trinajstić information content (AvgIpc) is 3.15. The van der Waals surface area contributed by atoms with Crippen molar-refractivity contribution < 1.29 is 33.7 Å². The number of hydrogen-bond donors (Lipinski definition) is 1. The highest BCUT2D eigenvalue weighted by atomic mass is 16.7. The molecule has 0 radical (unpaired) electrons. The van der Waals surface area contributed by atoms with Gasteiger partial charge in [-0.3, -0.25) is 9.59 Å². The van der Waals surface area contributed by atoms with Gasteiger partial charge in [-0.05, 0) is 26.2 Å². The van der Waals surface area contributed by atoms with E-state index in [1.807, 2.05) is 0 Å². The van der Waals surface area contributed by atoms with Crippen LogP contribution in [0.15, 0.2) is 12.2 Å². The van der Waals surface area contributed by atoms with Gasteiger partial charge in [0.15, 0.2) is 5.78 Å². The van der Waals surface area contributed by atoms with Crippen molar-refractivity contribution in [1.29, 1.82) is 0 Å². The first-order valence-electron chi connectivity index (χ1n) is 9.09. The van der Waals surface area contributed by atoms with E-state index in [4.69, 9.17) is 14.2 Å². The third-order valence-corrected chi connectivity index (χ3v) is 6.16. The largest absolute Gasteiger partial charge is 0.457 e. The molecule has 0 amide bonds. The van der Waals surface area contributed by atoms with Crippen LogP contribution in [0.2, 0.25) is 0 Å². The van der Waals surface area contributed by atoms with Crippen LogP contribution >= 0.6 is 0 Å². The molecular weight excluding hydrogens is 340 g/mol. The van der Waals surface area contributed by atoms with Crippen LogP contribution in [0.3, 0.4) is 0 Å². The number of aliphatic hydroxyl groups is 1. The number of aliphatic hydroxyl groups excluding tert-OH is 1. The van der Waals surface area contributed by atoms with Gasteiger partial charge in [-0.2, -0.15) is 0 Å². The predicted molar refractivity (Wildman–Crippen MR) is 88.2 cm³/mol. The SMILES string of the molecule is C=C(C)[C@@H]1CC(=O)C[C@H]2O[C@](C)(CC2=O)C[C@H]2OC(=O)C3(O[C@H]23)[C@@H](O)C1. The second-order valence-corrected chi connectivity index (χ2v) is 8.42. The van der Waals surface area contributed by atoms with Gasteiger partial charge in [0.05, 0.1) is 11.7 Å². The van der Waals surface area contributed by atoms with Gasteiger partial charge in [0.2, 0.25) is 5.60 Å². The first kappa shape index (κ1) is 17.8. The fraction of sp³-hybridized carbons (Fsp3) is 0.737. The molecule has 4 aliphatic rings. The number of ketones is 2. The number of epoxide rings is 1. The van der Waals surface area contributed by atoms with Gasteiger partial charge in [0, 0.05) is 25.7 Å². The van der Waals surface area contributed by atoms with Crippen molar-refractivity contribution in [2.24, 2.45) is 5.92 Å². The molecule has 1 N–H and O–H groups in total. The normalized spacial score (nSPS) is 48.1. The Morgan fingerprint density at radius 1 is 1.23 bits per heavy atom. The number of fused-ring (bicyclic) bond motifs is 2. The molecule has 0 aromatic rings. The van der Waals surface area contributed by atoms with E-state index in [9.17, 15) is 19.5 Å². The average molecular weight is 364 g/mol. The third-order valence-electron chi connectivity index (χ3n) is 6.16. The predicted octanol–water partition coefficient (Wildman–Crippen LogP) is 0.862. The molecule has 142 valence electrons. The molecule has 7 nitrogen and oxygen atoms in total. The van der Waals surface area contributed by atoms with Crippen LogP contribution in [0.1, 0.15) is 46.0 Å². The van der Waals surface area contributed by atoms with Crippen LogP contribution in [0, 0.1) is 5.92 Å². The molecule has 4 heterocycles. The highest BCUT2D eigenvalue weighted by Gasteiger charge is 2.77. The van der Waals surface area contributed by atoms with Crippen molar-refractivity contribution in [1.82, 2.24) is 0 Å². The van der Waals surface area contributed by atoms with E-state index in [1.54, 1.807) is 13.8 Å². The van der Waals surface area contributed by atoms with Crippen LogP contribution in [0.25, 0.3) is 0 Å². The standard InChI is InChI=1S/C19H24O7/c1-9(2)10-4-11(20)6-13-12(21)7-18(3,25-13)8-14-16-19(26-16,15(22)5-10)17(23)24-14/h10,13-16,22H,1,4-8H2,2-3H3/t10-,13-,14-,15+,16-,18-,19?/m1/s1. The summed E-state index contributed by atoms with van der Waals surface area (Å²) in [5, 5.41) is 10.7. The van der Waals surface area contributed by atoms with E-state index < -0.39 is 41.6 Å². The fourth-order valence-corrected chi connectivity index (χ4v) is 4.64. The quantitative estimate of drug-likeness (QED) is 0.418. The molecule has 0 aromatic heterocycles. The molecular formula is C19H24O7. The number of carbonyl (C=O) groups is 3. The van der Waals surface area contributed by atoms with Gasteiger partial charge in [0.25, 0.3) is 0 Å². The molecule has 4 aliphatic heterocycles. The molecule has 0 spiro atoms. The van der Waals surface area contributed by atoms with Gasteiger partial charge in [-0.15, -0.1) is 0 Å². The smallest absolute Gasteiger partial charge is 0.344 e. The van der Waals surface area contributed by atoms with E-state index in [1.165, 1.54) is 0 Å². The summed E-state index contributed by atoms with van der Waals surface area (Å²) in [4.78, 5) is 37.2. The molecule has 0 aromatic carbocycles. The van der Waals surface area contributed by atoms with Gasteiger partial charge in [-0.25, -0.2) is 4.79 Å². The number of allylic oxidation sites excluding steroid dienone is 1. The molecule has 7 atom stereocenters. The number of Topliss-reactive ketones (excluding diaryl/α,β-unsaturated/α-hetero) is 2. The molecule has 4 bridgehead atoms. The van der Waals surface area contributed by atoms with Crippen LogP contribution in [0.4, 0.5) is 0 Å². The topological polar surface area (TPSA) is 102 Å². The number of carbonyl (C=O) groups excluding carboxylic acids is 3. The number of rotatable bonds is 1. The van der Waals surface area contributed by atoms with Gasteiger partial charge in [0.1, 0.15) is 24.1 Å². The van der Waals surface area contributed by atoms with E-state index >= 15 is 0 Å². The summed E-state index contributed by atoms with van der Waals surface area (Å²) in [6.45, 7) is 7.48. The summed E-state index contributed by atoms with van der Waals surface area (Å²) >= 11 is 0. The highest BCUT2D eigenvalue weighted by Crippen LogP contribution is 2.53. The minimum Gasteiger partial charge on any atom is -0.457 e. The summed E-state index contributed by atoms with van der Waals surface area (Å²) in [6.07, 6.45) is -2.08. The molecule has 1 unspecified atom stereocenters. The van der Waals surface area contributed by atoms with E-state index in [2.05, 4.69) is 6.58 Å². The zero-order valence-corrected chi connectivity index (χ0v) is 15.0. The summed E-state index contributed by atoms with van der Waals surface area (Å²) < 4.78 is 17.0. The highest BCUT2D eigenvalue weighted by molar-refractivity contribution is 5.92. The molecule has 0 aliphatic carbocycles. The van der Waals surface area contributed by atoms with Gasteiger partial charge in [-0.1, -0.05) is 12.2 Å². The van der Waals surface area contributed by atoms with Crippen molar-refractivity contribution in [2.45, 2.75) is 81.6 Å². The van der Waals surface area contributed by atoms with Crippen LogP contribution < -0.4 is 0 Å². The Morgan fingerprint density at radius 2 is 1.96 bits per heavy atom. The van der Waals surface area contributed by atoms with Gasteiger partial charge >= 0.3 is 5.97 Å². The monoisotopic (exact) mass is 364 g/mol. The Kier molecular flexibility index (Phi) is 3.92. The minimum atomic E-state index is -1.35.